The summed E-state index contributed by atoms with van der Waals surface area (Å²) in [5.41, 5.74) is 3.55. The Bertz CT molecular complexity index is 777. The van der Waals surface area contributed by atoms with Crippen molar-refractivity contribution in [3.05, 3.63) is 35.5 Å². The number of H-pyrrole nitrogens is 1. The van der Waals surface area contributed by atoms with Crippen LogP contribution in [0.2, 0.25) is 0 Å². The molecule has 0 aliphatic carbocycles. The van der Waals surface area contributed by atoms with Gasteiger partial charge in [0.1, 0.15) is 12.1 Å². The molecule has 4 rings (SSSR count). The fraction of sp³-hybridized carbons (Fsp3) is 0.412. The molecule has 0 saturated heterocycles. The smallest absolute Gasteiger partial charge is 0.248 e. The highest BCUT2D eigenvalue weighted by molar-refractivity contribution is 5.97. The van der Waals surface area contributed by atoms with Crippen LogP contribution in [0, 0.1) is 0 Å². The predicted molar refractivity (Wildman–Crippen MR) is 84.9 cm³/mol. The molecule has 0 radical (unpaired) electrons. The molecule has 1 N–H and O–H groups in total. The van der Waals surface area contributed by atoms with Crippen LogP contribution < -0.4 is 0 Å². The molecule has 2 aromatic rings. The number of nitrogens with one attached hydrogen (secondary N) is 1. The molecule has 1 aromatic heterocycles. The van der Waals surface area contributed by atoms with E-state index < -0.39 is 0 Å². The van der Waals surface area contributed by atoms with Gasteiger partial charge in [-0.05, 0) is 25.5 Å². The molecule has 0 saturated carbocycles. The van der Waals surface area contributed by atoms with E-state index in [1.165, 1.54) is 10.9 Å². The summed E-state index contributed by atoms with van der Waals surface area (Å²) >= 11 is 0. The maximum atomic E-state index is 12.5. The van der Waals surface area contributed by atoms with Gasteiger partial charge in [0.15, 0.2) is 0 Å². The largest absolute Gasteiger partial charge is 0.480 e. The van der Waals surface area contributed by atoms with Gasteiger partial charge in [-0.2, -0.15) is 0 Å². The Morgan fingerprint density at radius 3 is 3.05 bits per heavy atom. The molecule has 1 aromatic carbocycles. The van der Waals surface area contributed by atoms with E-state index in [4.69, 9.17) is 4.74 Å². The number of benzene rings is 1. The van der Waals surface area contributed by atoms with E-state index in [2.05, 4.69) is 28.2 Å². The fourth-order valence-electron chi connectivity index (χ4n) is 3.51. The zero-order chi connectivity index (χ0) is 15.3. The van der Waals surface area contributed by atoms with Crippen LogP contribution in [0.1, 0.15) is 25.1 Å². The van der Waals surface area contributed by atoms with Gasteiger partial charge in [-0.15, -0.1) is 0 Å². The molecule has 0 spiro atoms. The van der Waals surface area contributed by atoms with E-state index in [1.54, 1.807) is 0 Å². The number of hydrogen-bond donors (Lipinski definition) is 1. The number of rotatable bonds is 1. The van der Waals surface area contributed by atoms with Crippen LogP contribution in [0.5, 0.6) is 0 Å². The van der Waals surface area contributed by atoms with Gasteiger partial charge in [0.05, 0.1) is 13.2 Å². The van der Waals surface area contributed by atoms with E-state index >= 15 is 0 Å². The zero-order valence-electron chi connectivity index (χ0n) is 12.8. The Hall–Kier alpha value is -2.30. The molecule has 0 unspecified atom stereocenters. The topological polar surface area (TPSA) is 57.7 Å². The van der Waals surface area contributed by atoms with Crippen LogP contribution in [-0.4, -0.2) is 40.4 Å². The first-order valence-corrected chi connectivity index (χ1v) is 7.78. The number of hydrogen-bond acceptors (Lipinski definition) is 3. The Morgan fingerprint density at radius 1 is 1.41 bits per heavy atom. The minimum Gasteiger partial charge on any atom is -0.480 e. The number of para-hydroxylation sites is 1. The number of carbonyl (C=O) groups is 1. The number of aliphatic imine (C=N–C) groups is 1. The summed E-state index contributed by atoms with van der Waals surface area (Å²) in [6.45, 7) is 4.96. The summed E-state index contributed by atoms with van der Waals surface area (Å²) in [5, 5.41) is 1.24. The van der Waals surface area contributed by atoms with Gasteiger partial charge in [-0.1, -0.05) is 18.2 Å². The summed E-state index contributed by atoms with van der Waals surface area (Å²) in [6, 6.07) is 7.85. The number of fused-ring (bicyclic) bond motifs is 4. The van der Waals surface area contributed by atoms with Crippen molar-refractivity contribution in [2.75, 3.05) is 6.61 Å². The molecule has 0 fully saturated rings. The van der Waals surface area contributed by atoms with Gasteiger partial charge in [-0.25, -0.2) is 4.99 Å². The lowest BCUT2D eigenvalue weighted by Gasteiger charge is -2.39. The van der Waals surface area contributed by atoms with Gasteiger partial charge in [-0.3, -0.25) is 4.79 Å². The summed E-state index contributed by atoms with van der Waals surface area (Å²) in [4.78, 5) is 22.3. The fourth-order valence-corrected chi connectivity index (χ4v) is 3.51. The zero-order valence-corrected chi connectivity index (χ0v) is 12.8. The SMILES string of the molecule is CCOC1=N[C@H](C)C(=O)N2Cc3[nH]c4ccccc4c3C[C@@H]12. The van der Waals surface area contributed by atoms with Crippen LogP contribution in [-0.2, 0) is 22.5 Å². The molecular formula is C17H19N3O2. The number of aromatic nitrogens is 1. The van der Waals surface area contributed by atoms with Crippen molar-refractivity contribution >= 4 is 22.7 Å². The summed E-state index contributed by atoms with van der Waals surface area (Å²) < 4.78 is 5.72. The van der Waals surface area contributed by atoms with E-state index in [0.29, 0.717) is 19.0 Å². The van der Waals surface area contributed by atoms with Crippen LogP contribution in [0.4, 0.5) is 0 Å². The monoisotopic (exact) mass is 297 g/mol. The van der Waals surface area contributed by atoms with E-state index in [1.807, 2.05) is 24.8 Å². The summed E-state index contributed by atoms with van der Waals surface area (Å²) in [6.07, 6.45) is 0.761. The quantitative estimate of drug-likeness (QED) is 0.877. The first kappa shape index (κ1) is 13.4. The molecule has 3 heterocycles. The third-order valence-corrected chi connectivity index (χ3v) is 4.54. The molecule has 2 aliphatic rings. The molecule has 22 heavy (non-hydrogen) atoms. The Balaban J connectivity index is 1.81. The number of ether oxygens (including phenoxy) is 1. The van der Waals surface area contributed by atoms with Crippen LogP contribution >= 0.6 is 0 Å². The number of amides is 1. The lowest BCUT2D eigenvalue weighted by Crippen LogP contribution is -2.55. The number of nitrogens with zero attached hydrogens (tertiary/aromatic N) is 2. The molecule has 2 atom stereocenters. The van der Waals surface area contributed by atoms with Crippen molar-refractivity contribution in [3.8, 4) is 0 Å². The van der Waals surface area contributed by atoms with Crippen LogP contribution in [0.25, 0.3) is 10.9 Å². The second kappa shape index (κ2) is 4.87. The van der Waals surface area contributed by atoms with E-state index in [0.717, 1.165) is 17.6 Å². The highest BCUT2D eigenvalue weighted by atomic mass is 16.5. The van der Waals surface area contributed by atoms with Crippen molar-refractivity contribution in [2.24, 2.45) is 4.99 Å². The molecule has 5 nitrogen and oxygen atoms in total. The second-order valence-corrected chi connectivity index (χ2v) is 5.89. The number of aromatic amines is 1. The maximum absolute atomic E-state index is 12.5. The Kier molecular flexibility index (Phi) is 2.96. The van der Waals surface area contributed by atoms with Crippen molar-refractivity contribution < 1.29 is 9.53 Å². The summed E-state index contributed by atoms with van der Waals surface area (Å²) in [7, 11) is 0. The first-order chi connectivity index (χ1) is 10.7. The molecule has 114 valence electrons. The van der Waals surface area contributed by atoms with E-state index in [9.17, 15) is 4.79 Å². The standard InChI is InChI=1S/C17H19N3O2/c1-3-22-16-15-8-12-11-6-4-5-7-13(11)19-14(12)9-20(15)17(21)10(2)18-16/h4-7,10,15,19H,3,8-9H2,1-2H3/t10-,15+/m1/s1. The molecule has 2 aliphatic heterocycles. The van der Waals surface area contributed by atoms with E-state index in [-0.39, 0.29) is 18.0 Å². The lowest BCUT2D eigenvalue weighted by atomic mass is 9.94. The van der Waals surface area contributed by atoms with Gasteiger partial charge in [0, 0.05) is 23.0 Å². The number of carbonyl (C=O) groups excluding carboxylic acids is 1. The third-order valence-electron chi connectivity index (χ3n) is 4.54. The summed E-state index contributed by atoms with van der Waals surface area (Å²) in [5.74, 6) is 0.781. The molecule has 1 amide bonds. The van der Waals surface area contributed by atoms with Gasteiger partial charge in [0.2, 0.25) is 11.8 Å². The van der Waals surface area contributed by atoms with Gasteiger partial charge < -0.3 is 14.6 Å². The predicted octanol–water partition coefficient (Wildman–Crippen LogP) is 2.26. The minimum atomic E-state index is -0.358. The second-order valence-electron chi connectivity index (χ2n) is 5.89. The van der Waals surface area contributed by atoms with Crippen LogP contribution in [0.15, 0.2) is 29.3 Å². The van der Waals surface area contributed by atoms with Crippen molar-refractivity contribution in [1.82, 2.24) is 9.88 Å². The van der Waals surface area contributed by atoms with Gasteiger partial charge in [0.25, 0.3) is 0 Å². The van der Waals surface area contributed by atoms with Gasteiger partial charge >= 0.3 is 0 Å². The average molecular weight is 297 g/mol. The Morgan fingerprint density at radius 2 is 2.23 bits per heavy atom. The first-order valence-electron chi connectivity index (χ1n) is 7.78. The van der Waals surface area contributed by atoms with Crippen LogP contribution in [0.3, 0.4) is 0 Å². The normalized spacial score (nSPS) is 24.0. The highest BCUT2D eigenvalue weighted by Crippen LogP contribution is 2.32. The van der Waals surface area contributed by atoms with Crippen molar-refractivity contribution in [3.63, 3.8) is 0 Å². The Labute approximate surface area is 129 Å². The van der Waals surface area contributed by atoms with Crippen molar-refractivity contribution in [2.45, 2.75) is 38.9 Å². The molecule has 5 heteroatoms. The molecule has 0 bridgehead atoms. The third kappa shape index (κ3) is 1.85. The highest BCUT2D eigenvalue weighted by Gasteiger charge is 2.41. The maximum Gasteiger partial charge on any atom is 0.248 e. The average Bonchev–Trinajstić information content (AvgIpc) is 2.89. The molecular weight excluding hydrogens is 278 g/mol. The minimum absolute atomic E-state index is 0.0737. The lowest BCUT2D eigenvalue weighted by molar-refractivity contribution is -0.135. The van der Waals surface area contributed by atoms with Crippen molar-refractivity contribution in [1.29, 1.82) is 0 Å².